The number of phenols is 1. The second-order valence-corrected chi connectivity index (χ2v) is 4.79. The van der Waals surface area contributed by atoms with Gasteiger partial charge < -0.3 is 15.3 Å². The number of rotatable bonds is 7. The van der Waals surface area contributed by atoms with E-state index < -0.39 is 0 Å². The van der Waals surface area contributed by atoms with Gasteiger partial charge >= 0.3 is 0 Å². The molecule has 3 heteroatoms. The first-order chi connectivity index (χ1) is 8.58. The smallest absolute Gasteiger partial charge is 0.123 e. The third kappa shape index (κ3) is 4.17. The van der Waals surface area contributed by atoms with Gasteiger partial charge in [0.15, 0.2) is 0 Å². The highest BCUT2D eigenvalue weighted by molar-refractivity contribution is 5.68. The van der Waals surface area contributed by atoms with Crippen LogP contribution in [0.25, 0.3) is 5.57 Å². The fourth-order valence-electron chi connectivity index (χ4n) is 1.86. The van der Waals surface area contributed by atoms with E-state index in [0.29, 0.717) is 11.5 Å². The highest BCUT2D eigenvalue weighted by Crippen LogP contribution is 2.28. The summed E-state index contributed by atoms with van der Waals surface area (Å²) >= 11 is 0. The van der Waals surface area contributed by atoms with Crippen molar-refractivity contribution in [3.05, 3.63) is 35.9 Å². The van der Waals surface area contributed by atoms with E-state index in [9.17, 15) is 5.11 Å². The Balaban J connectivity index is 2.56. The predicted molar refractivity (Wildman–Crippen MR) is 73.2 cm³/mol. The van der Waals surface area contributed by atoms with Gasteiger partial charge in [0, 0.05) is 12.2 Å². The van der Waals surface area contributed by atoms with Crippen molar-refractivity contribution in [1.82, 2.24) is 0 Å². The number of aromatic hydroxyl groups is 1. The lowest BCUT2D eigenvalue weighted by Crippen LogP contribution is -2.00. The van der Waals surface area contributed by atoms with Crippen molar-refractivity contribution in [2.24, 2.45) is 5.92 Å². The quantitative estimate of drug-likeness (QED) is 0.697. The van der Waals surface area contributed by atoms with Gasteiger partial charge in [0.2, 0.25) is 0 Å². The van der Waals surface area contributed by atoms with Gasteiger partial charge in [-0.15, -0.1) is 0 Å². The number of phenolic OH excluding ortho intramolecular Hbond substituents is 1. The Morgan fingerprint density at radius 2 is 2.06 bits per heavy atom. The molecule has 18 heavy (non-hydrogen) atoms. The van der Waals surface area contributed by atoms with Crippen LogP contribution >= 0.6 is 0 Å². The van der Waals surface area contributed by atoms with E-state index in [1.807, 2.05) is 6.92 Å². The van der Waals surface area contributed by atoms with Crippen molar-refractivity contribution < 1.29 is 15.3 Å². The number of aliphatic hydroxyl groups is 2. The molecule has 0 saturated heterocycles. The van der Waals surface area contributed by atoms with E-state index >= 15 is 0 Å². The fourth-order valence-corrected chi connectivity index (χ4v) is 1.86. The summed E-state index contributed by atoms with van der Waals surface area (Å²) < 4.78 is 0. The lowest BCUT2D eigenvalue weighted by atomic mass is 9.97. The number of hydrogen-bond acceptors (Lipinski definition) is 3. The van der Waals surface area contributed by atoms with Crippen LogP contribution in [-0.2, 0) is 6.61 Å². The zero-order chi connectivity index (χ0) is 13.5. The molecule has 100 valence electrons. The van der Waals surface area contributed by atoms with Gasteiger partial charge in [-0.3, -0.25) is 0 Å². The van der Waals surface area contributed by atoms with Gasteiger partial charge in [0.25, 0.3) is 0 Å². The molecule has 0 fully saturated rings. The minimum absolute atomic E-state index is 0.0751. The van der Waals surface area contributed by atoms with Crippen LogP contribution in [0.15, 0.2) is 24.8 Å². The van der Waals surface area contributed by atoms with Crippen molar-refractivity contribution in [3.8, 4) is 5.75 Å². The molecule has 3 N–H and O–H groups in total. The first-order valence-electron chi connectivity index (χ1n) is 6.30. The van der Waals surface area contributed by atoms with Crippen LogP contribution in [0.4, 0.5) is 0 Å². The molecule has 1 rings (SSSR count). The molecule has 1 aromatic carbocycles. The van der Waals surface area contributed by atoms with Crippen LogP contribution in [0.2, 0.25) is 0 Å². The van der Waals surface area contributed by atoms with Crippen LogP contribution in [0.3, 0.4) is 0 Å². The van der Waals surface area contributed by atoms with Gasteiger partial charge in [-0.05, 0) is 42.4 Å². The van der Waals surface area contributed by atoms with Crippen molar-refractivity contribution in [3.63, 3.8) is 0 Å². The summed E-state index contributed by atoms with van der Waals surface area (Å²) in [6.07, 6.45) is 2.70. The second-order valence-electron chi connectivity index (χ2n) is 4.79. The van der Waals surface area contributed by atoms with E-state index in [2.05, 4.69) is 6.58 Å². The first kappa shape index (κ1) is 14.7. The summed E-state index contributed by atoms with van der Waals surface area (Å²) in [5.74, 6) is 0.477. The van der Waals surface area contributed by atoms with Crippen LogP contribution < -0.4 is 0 Å². The molecule has 0 radical (unpaired) electrons. The zero-order valence-corrected chi connectivity index (χ0v) is 10.9. The van der Waals surface area contributed by atoms with Crippen molar-refractivity contribution in [1.29, 1.82) is 0 Å². The first-order valence-corrected chi connectivity index (χ1v) is 6.30. The largest absolute Gasteiger partial charge is 0.507 e. The molecular weight excluding hydrogens is 228 g/mol. The van der Waals surface area contributed by atoms with Crippen LogP contribution in [0.5, 0.6) is 5.75 Å². The molecule has 1 atom stereocenters. The van der Waals surface area contributed by atoms with Crippen LogP contribution in [0.1, 0.15) is 37.3 Å². The summed E-state index contributed by atoms with van der Waals surface area (Å²) in [6, 6.07) is 5.14. The van der Waals surface area contributed by atoms with Gasteiger partial charge in [-0.2, -0.15) is 0 Å². The average Bonchev–Trinajstić information content (AvgIpc) is 2.37. The van der Waals surface area contributed by atoms with Crippen LogP contribution in [0, 0.1) is 5.92 Å². The standard InChI is InChI=1S/C15H22O3/c1-11(9-16)4-3-5-12(2)14-7-6-13(10-17)8-15(14)18/h6-8,11,16-18H,2-5,9-10H2,1H3. The van der Waals surface area contributed by atoms with Gasteiger partial charge in [0.05, 0.1) is 6.61 Å². The summed E-state index contributed by atoms with van der Waals surface area (Å²) in [6.45, 7) is 6.13. The Morgan fingerprint density at radius 1 is 1.33 bits per heavy atom. The SMILES string of the molecule is C=C(CCCC(C)CO)c1ccc(CO)cc1O. The summed E-state index contributed by atoms with van der Waals surface area (Å²) in [5.41, 5.74) is 2.32. The molecule has 3 nitrogen and oxygen atoms in total. The molecule has 0 aliphatic rings. The third-order valence-corrected chi connectivity index (χ3v) is 3.11. The third-order valence-electron chi connectivity index (χ3n) is 3.11. The van der Waals surface area contributed by atoms with Crippen molar-refractivity contribution >= 4 is 5.57 Å². The molecule has 0 bridgehead atoms. The average molecular weight is 250 g/mol. The van der Waals surface area contributed by atoms with Crippen LogP contribution in [-0.4, -0.2) is 21.9 Å². The predicted octanol–water partition coefficient (Wildman–Crippen LogP) is 2.70. The molecule has 1 aromatic rings. The number of aliphatic hydroxyl groups excluding tert-OH is 2. The lowest BCUT2D eigenvalue weighted by Gasteiger charge is -2.11. The Bertz CT molecular complexity index is 399. The molecule has 0 aromatic heterocycles. The minimum Gasteiger partial charge on any atom is -0.507 e. The minimum atomic E-state index is -0.0751. The summed E-state index contributed by atoms with van der Waals surface area (Å²) in [4.78, 5) is 0. The lowest BCUT2D eigenvalue weighted by molar-refractivity contribution is 0.228. The highest BCUT2D eigenvalue weighted by Gasteiger charge is 2.07. The normalized spacial score (nSPS) is 12.4. The molecule has 1 unspecified atom stereocenters. The molecule has 0 saturated carbocycles. The van der Waals surface area contributed by atoms with E-state index in [1.54, 1.807) is 18.2 Å². The molecular formula is C15H22O3. The topological polar surface area (TPSA) is 60.7 Å². The Hall–Kier alpha value is -1.32. The Kier molecular flexibility index (Phi) is 5.89. The maximum absolute atomic E-state index is 9.84. The molecule has 0 heterocycles. The van der Waals surface area contributed by atoms with E-state index in [0.717, 1.165) is 30.4 Å². The molecule has 0 amide bonds. The molecule has 0 aliphatic heterocycles. The Morgan fingerprint density at radius 3 is 2.61 bits per heavy atom. The molecule has 0 spiro atoms. The summed E-state index contributed by atoms with van der Waals surface area (Å²) in [7, 11) is 0. The maximum Gasteiger partial charge on any atom is 0.123 e. The van der Waals surface area contributed by atoms with E-state index in [1.165, 1.54) is 0 Å². The molecule has 0 aliphatic carbocycles. The maximum atomic E-state index is 9.84. The highest BCUT2D eigenvalue weighted by atomic mass is 16.3. The van der Waals surface area contributed by atoms with E-state index in [4.69, 9.17) is 10.2 Å². The van der Waals surface area contributed by atoms with Gasteiger partial charge in [-0.25, -0.2) is 0 Å². The Labute approximate surface area is 108 Å². The van der Waals surface area contributed by atoms with Crippen molar-refractivity contribution in [2.45, 2.75) is 32.8 Å². The number of hydrogen-bond donors (Lipinski definition) is 3. The second kappa shape index (κ2) is 7.19. The monoisotopic (exact) mass is 250 g/mol. The van der Waals surface area contributed by atoms with Gasteiger partial charge in [0.1, 0.15) is 5.75 Å². The number of allylic oxidation sites excluding steroid dienone is 1. The number of benzene rings is 1. The zero-order valence-electron chi connectivity index (χ0n) is 10.9. The van der Waals surface area contributed by atoms with Crippen molar-refractivity contribution in [2.75, 3.05) is 6.61 Å². The van der Waals surface area contributed by atoms with Gasteiger partial charge in [-0.1, -0.05) is 25.6 Å². The van der Waals surface area contributed by atoms with E-state index in [-0.39, 0.29) is 19.0 Å². The fraction of sp³-hybridized carbons (Fsp3) is 0.467. The summed E-state index contributed by atoms with van der Waals surface area (Å²) in [5, 5.41) is 27.7.